The van der Waals surface area contributed by atoms with Gasteiger partial charge in [0.1, 0.15) is 11.5 Å². The Morgan fingerprint density at radius 3 is 2.35 bits per heavy atom. The van der Waals surface area contributed by atoms with Gasteiger partial charge in [0, 0.05) is 17.5 Å². The second kappa shape index (κ2) is 8.65. The van der Waals surface area contributed by atoms with Crippen LogP contribution in [-0.4, -0.2) is 10.9 Å². The first-order valence-corrected chi connectivity index (χ1v) is 10.3. The summed E-state index contributed by atoms with van der Waals surface area (Å²) in [6.45, 7) is 0. The highest BCUT2D eigenvalue weighted by molar-refractivity contribution is 5.90. The van der Waals surface area contributed by atoms with Crippen molar-refractivity contribution in [3.63, 3.8) is 0 Å². The molecule has 1 amide bonds. The number of fused-ring (bicyclic) bond motifs is 1. The van der Waals surface area contributed by atoms with Crippen LogP contribution in [0.3, 0.4) is 0 Å². The summed E-state index contributed by atoms with van der Waals surface area (Å²) < 4.78 is 53.0. The second-order valence-corrected chi connectivity index (χ2v) is 8.09. The molecule has 0 radical (unpaired) electrons. The average molecular weight is 430 g/mol. The van der Waals surface area contributed by atoms with Crippen LogP contribution in [-0.2, 0) is 11.0 Å². The molecule has 0 unspecified atom stereocenters. The Bertz CT molecular complexity index is 1070. The van der Waals surface area contributed by atoms with Gasteiger partial charge in [0.2, 0.25) is 5.91 Å². The quantitative estimate of drug-likeness (QED) is 0.468. The van der Waals surface area contributed by atoms with Gasteiger partial charge in [0.15, 0.2) is 0 Å². The van der Waals surface area contributed by atoms with E-state index in [-0.39, 0.29) is 23.6 Å². The van der Waals surface area contributed by atoms with Crippen molar-refractivity contribution in [3.05, 3.63) is 71.7 Å². The summed E-state index contributed by atoms with van der Waals surface area (Å²) in [6.07, 6.45) is -1.18. The molecule has 1 aliphatic carbocycles. The van der Waals surface area contributed by atoms with Crippen molar-refractivity contribution in [2.75, 3.05) is 5.32 Å². The topological polar surface area (TPSA) is 42.0 Å². The van der Waals surface area contributed by atoms with E-state index in [1.54, 1.807) is 12.1 Å². The fourth-order valence-electron chi connectivity index (χ4n) is 4.37. The normalized spacial score (nSPS) is 19.4. The number of pyridine rings is 1. The summed E-state index contributed by atoms with van der Waals surface area (Å²) in [6, 6.07) is 13.7. The molecule has 1 saturated carbocycles. The van der Waals surface area contributed by atoms with Crippen molar-refractivity contribution in [2.24, 2.45) is 5.92 Å². The largest absolute Gasteiger partial charge is 0.433 e. The van der Waals surface area contributed by atoms with Crippen LogP contribution in [0.4, 0.5) is 23.2 Å². The molecule has 2 aromatic carbocycles. The van der Waals surface area contributed by atoms with Crippen LogP contribution >= 0.6 is 0 Å². The number of nitrogens with one attached hydrogen (secondary N) is 1. The number of halogens is 4. The molecule has 0 atom stereocenters. The molecule has 0 bridgehead atoms. The van der Waals surface area contributed by atoms with Gasteiger partial charge in [-0.05, 0) is 79.5 Å². The fraction of sp³-hybridized carbons (Fsp3) is 0.333. The number of anilines is 1. The van der Waals surface area contributed by atoms with Gasteiger partial charge in [-0.2, -0.15) is 13.2 Å². The number of alkyl halides is 3. The summed E-state index contributed by atoms with van der Waals surface area (Å²) in [4.78, 5) is 16.1. The molecule has 0 saturated heterocycles. The lowest BCUT2D eigenvalue weighted by Crippen LogP contribution is -2.21. The Labute approximate surface area is 177 Å². The maximum absolute atomic E-state index is 13.3. The summed E-state index contributed by atoms with van der Waals surface area (Å²) in [5.74, 6) is -0.324. The molecule has 0 spiro atoms. The van der Waals surface area contributed by atoms with Crippen LogP contribution in [0.5, 0.6) is 0 Å². The second-order valence-electron chi connectivity index (χ2n) is 8.09. The zero-order chi connectivity index (χ0) is 22.0. The number of amides is 1. The van der Waals surface area contributed by atoms with E-state index in [9.17, 15) is 22.4 Å². The molecule has 4 rings (SSSR count). The minimum atomic E-state index is -4.49. The van der Waals surface area contributed by atoms with Crippen LogP contribution in [0.2, 0.25) is 0 Å². The van der Waals surface area contributed by atoms with E-state index >= 15 is 0 Å². The van der Waals surface area contributed by atoms with E-state index in [4.69, 9.17) is 0 Å². The molecular weight excluding hydrogens is 408 g/mol. The molecule has 31 heavy (non-hydrogen) atoms. The van der Waals surface area contributed by atoms with E-state index in [0.717, 1.165) is 31.1 Å². The molecule has 1 aromatic heterocycles. The zero-order valence-corrected chi connectivity index (χ0v) is 16.8. The molecule has 1 aliphatic rings. The highest BCUT2D eigenvalue weighted by Gasteiger charge is 2.34. The number of hydrogen-bond donors (Lipinski definition) is 1. The third-order valence-electron chi connectivity index (χ3n) is 5.93. The number of carbonyl (C=O) groups excluding carboxylic acids is 1. The highest BCUT2D eigenvalue weighted by atomic mass is 19.4. The minimum absolute atomic E-state index is 0.00501. The molecule has 3 aromatic rings. The maximum atomic E-state index is 13.3. The first-order valence-electron chi connectivity index (χ1n) is 10.3. The smallest absolute Gasteiger partial charge is 0.326 e. The van der Waals surface area contributed by atoms with Gasteiger partial charge in [-0.15, -0.1) is 0 Å². The van der Waals surface area contributed by atoms with Crippen molar-refractivity contribution < 1.29 is 22.4 Å². The summed E-state index contributed by atoms with van der Waals surface area (Å²) in [7, 11) is 0. The summed E-state index contributed by atoms with van der Waals surface area (Å²) in [5, 5.41) is 3.53. The van der Waals surface area contributed by atoms with Gasteiger partial charge >= 0.3 is 6.18 Å². The van der Waals surface area contributed by atoms with E-state index < -0.39 is 11.9 Å². The van der Waals surface area contributed by atoms with Crippen molar-refractivity contribution >= 4 is 22.5 Å². The number of carbonyl (C=O) groups is 1. The van der Waals surface area contributed by atoms with Gasteiger partial charge in [0.25, 0.3) is 0 Å². The van der Waals surface area contributed by atoms with Crippen LogP contribution in [0.25, 0.3) is 10.9 Å². The third-order valence-corrected chi connectivity index (χ3v) is 5.93. The Hall–Kier alpha value is -2.96. The number of aromatic nitrogens is 1. The van der Waals surface area contributed by atoms with Crippen molar-refractivity contribution in [3.8, 4) is 0 Å². The molecule has 1 fully saturated rings. The predicted molar refractivity (Wildman–Crippen MR) is 111 cm³/mol. The number of rotatable bonds is 4. The third kappa shape index (κ3) is 5.03. The Morgan fingerprint density at radius 1 is 1.00 bits per heavy atom. The zero-order valence-electron chi connectivity index (χ0n) is 16.8. The minimum Gasteiger partial charge on any atom is -0.326 e. The van der Waals surface area contributed by atoms with Gasteiger partial charge in [-0.1, -0.05) is 18.2 Å². The summed E-state index contributed by atoms with van der Waals surface area (Å²) >= 11 is 0. The molecule has 0 aliphatic heterocycles. The Morgan fingerprint density at radius 2 is 1.68 bits per heavy atom. The molecule has 1 N–H and O–H groups in total. The fourth-order valence-corrected chi connectivity index (χ4v) is 4.37. The van der Waals surface area contributed by atoms with E-state index in [1.165, 1.54) is 30.3 Å². The standard InChI is InChI=1S/C24H22F4N2O/c25-17-9-11-18(12-10-17)29-23(31)13-15-5-7-16(8-6-15)20-14-22(24(26,27)28)30-21-4-2-1-3-19(20)21/h1-4,9-12,14-16H,5-8,13H2,(H,29,31). The lowest BCUT2D eigenvalue weighted by molar-refractivity contribution is -0.141. The monoisotopic (exact) mass is 430 g/mol. The van der Waals surface area contributed by atoms with Crippen molar-refractivity contribution in [1.82, 2.24) is 4.98 Å². The lowest BCUT2D eigenvalue weighted by Gasteiger charge is -2.29. The molecule has 1 heterocycles. The van der Waals surface area contributed by atoms with Gasteiger partial charge in [-0.3, -0.25) is 4.79 Å². The Kier molecular flexibility index (Phi) is 5.94. The number of benzene rings is 2. The number of hydrogen-bond acceptors (Lipinski definition) is 2. The van der Waals surface area contributed by atoms with Crippen molar-refractivity contribution in [2.45, 2.75) is 44.2 Å². The van der Waals surface area contributed by atoms with Crippen LogP contribution in [0.1, 0.15) is 49.3 Å². The van der Waals surface area contributed by atoms with Gasteiger partial charge < -0.3 is 5.32 Å². The van der Waals surface area contributed by atoms with E-state index in [0.29, 0.717) is 23.2 Å². The summed E-state index contributed by atoms with van der Waals surface area (Å²) in [5.41, 5.74) is 0.727. The molecular formula is C24H22F4N2O. The SMILES string of the molecule is O=C(CC1CCC(c2cc(C(F)(F)F)nc3ccccc23)CC1)Nc1ccc(F)cc1. The lowest BCUT2D eigenvalue weighted by atomic mass is 9.76. The van der Waals surface area contributed by atoms with Crippen LogP contribution < -0.4 is 5.32 Å². The molecule has 3 nitrogen and oxygen atoms in total. The number of para-hydroxylation sites is 1. The van der Waals surface area contributed by atoms with Crippen LogP contribution in [0.15, 0.2) is 54.6 Å². The predicted octanol–water partition coefficient (Wildman–Crippen LogP) is 6.70. The molecule has 7 heteroatoms. The van der Waals surface area contributed by atoms with Gasteiger partial charge in [0.05, 0.1) is 5.52 Å². The van der Waals surface area contributed by atoms with Crippen LogP contribution in [0, 0.1) is 11.7 Å². The Balaban J connectivity index is 1.43. The first-order chi connectivity index (χ1) is 14.8. The van der Waals surface area contributed by atoms with E-state index in [2.05, 4.69) is 10.3 Å². The van der Waals surface area contributed by atoms with Gasteiger partial charge in [-0.25, -0.2) is 9.37 Å². The first kappa shape index (κ1) is 21.3. The average Bonchev–Trinajstić information content (AvgIpc) is 2.74. The molecule has 162 valence electrons. The van der Waals surface area contributed by atoms with E-state index in [1.807, 2.05) is 12.1 Å². The highest BCUT2D eigenvalue weighted by Crippen LogP contribution is 2.41. The van der Waals surface area contributed by atoms with Crippen molar-refractivity contribution in [1.29, 1.82) is 0 Å². The maximum Gasteiger partial charge on any atom is 0.433 e. The number of nitrogens with zero attached hydrogens (tertiary/aromatic N) is 1.